The zero-order valence-corrected chi connectivity index (χ0v) is 11.9. The SMILES string of the molecule is CC(C)Sc1ccc(-c2n[nH]c3ccccc23)s1. The third-order valence-electron chi connectivity index (χ3n) is 2.64. The fraction of sp³-hybridized carbons (Fsp3) is 0.214. The average molecular weight is 274 g/mol. The van der Waals surface area contributed by atoms with E-state index in [1.807, 2.05) is 29.2 Å². The van der Waals surface area contributed by atoms with Gasteiger partial charge in [-0.25, -0.2) is 0 Å². The van der Waals surface area contributed by atoms with Crippen molar-refractivity contribution < 1.29 is 0 Å². The molecule has 0 aliphatic heterocycles. The number of thioether (sulfide) groups is 1. The van der Waals surface area contributed by atoms with Crippen LogP contribution >= 0.6 is 23.1 Å². The maximum atomic E-state index is 4.43. The Balaban J connectivity index is 2.01. The number of para-hydroxylation sites is 1. The average Bonchev–Trinajstić information content (AvgIpc) is 2.94. The van der Waals surface area contributed by atoms with Crippen molar-refractivity contribution in [3.05, 3.63) is 36.4 Å². The van der Waals surface area contributed by atoms with E-state index in [4.69, 9.17) is 0 Å². The topological polar surface area (TPSA) is 28.7 Å². The summed E-state index contributed by atoms with van der Waals surface area (Å²) in [6, 6.07) is 12.6. The number of aromatic amines is 1. The Bertz CT molecular complexity index is 667. The Labute approximate surface area is 114 Å². The molecule has 0 amide bonds. The van der Waals surface area contributed by atoms with Gasteiger partial charge < -0.3 is 0 Å². The molecule has 2 aromatic heterocycles. The van der Waals surface area contributed by atoms with Crippen LogP contribution in [0.3, 0.4) is 0 Å². The van der Waals surface area contributed by atoms with Crippen LogP contribution in [0.15, 0.2) is 40.6 Å². The molecular weight excluding hydrogens is 260 g/mol. The number of rotatable bonds is 3. The molecule has 0 fully saturated rings. The quantitative estimate of drug-likeness (QED) is 0.695. The van der Waals surface area contributed by atoms with Crippen molar-refractivity contribution in [2.45, 2.75) is 23.3 Å². The molecule has 2 nitrogen and oxygen atoms in total. The molecule has 0 aliphatic rings. The molecule has 0 unspecified atom stereocenters. The van der Waals surface area contributed by atoms with Crippen molar-refractivity contribution >= 4 is 34.0 Å². The van der Waals surface area contributed by atoms with Crippen LogP contribution in [0.2, 0.25) is 0 Å². The Kier molecular flexibility index (Phi) is 3.14. The molecule has 2 heterocycles. The minimum Gasteiger partial charge on any atom is -0.277 e. The third-order valence-corrected chi connectivity index (χ3v) is 4.90. The van der Waals surface area contributed by atoms with E-state index in [1.54, 1.807) is 0 Å². The van der Waals surface area contributed by atoms with Crippen LogP contribution in [0, 0.1) is 0 Å². The summed E-state index contributed by atoms with van der Waals surface area (Å²) in [6.45, 7) is 4.43. The predicted octanol–water partition coefficient (Wildman–Crippen LogP) is 4.79. The molecule has 0 spiro atoms. The summed E-state index contributed by atoms with van der Waals surface area (Å²) in [5, 5.41) is 9.33. The molecule has 1 aromatic carbocycles. The first kappa shape index (κ1) is 11.8. The Hall–Kier alpha value is -1.26. The molecule has 3 aromatic rings. The van der Waals surface area contributed by atoms with Crippen LogP contribution in [0.1, 0.15) is 13.8 Å². The molecule has 0 atom stereocenters. The lowest BCUT2D eigenvalue weighted by Gasteiger charge is -1.99. The monoisotopic (exact) mass is 274 g/mol. The summed E-state index contributed by atoms with van der Waals surface area (Å²) >= 11 is 3.72. The van der Waals surface area contributed by atoms with Gasteiger partial charge >= 0.3 is 0 Å². The first-order chi connectivity index (χ1) is 8.74. The van der Waals surface area contributed by atoms with E-state index in [2.05, 4.69) is 54.4 Å². The van der Waals surface area contributed by atoms with E-state index in [9.17, 15) is 0 Å². The van der Waals surface area contributed by atoms with Gasteiger partial charge in [-0.3, -0.25) is 5.10 Å². The lowest BCUT2D eigenvalue weighted by atomic mass is 10.2. The van der Waals surface area contributed by atoms with E-state index in [1.165, 1.54) is 14.5 Å². The van der Waals surface area contributed by atoms with Gasteiger partial charge in [0.2, 0.25) is 0 Å². The van der Waals surface area contributed by atoms with Gasteiger partial charge in [0, 0.05) is 10.6 Å². The molecule has 1 N–H and O–H groups in total. The maximum Gasteiger partial charge on any atom is 0.110 e. The second-order valence-electron chi connectivity index (χ2n) is 4.40. The lowest BCUT2D eigenvalue weighted by Crippen LogP contribution is -1.81. The van der Waals surface area contributed by atoms with Gasteiger partial charge in [-0.15, -0.1) is 23.1 Å². The first-order valence-corrected chi connectivity index (χ1v) is 7.63. The van der Waals surface area contributed by atoms with Crippen molar-refractivity contribution in [2.24, 2.45) is 0 Å². The van der Waals surface area contributed by atoms with E-state index >= 15 is 0 Å². The van der Waals surface area contributed by atoms with Crippen molar-refractivity contribution in [3.8, 4) is 10.6 Å². The summed E-state index contributed by atoms with van der Waals surface area (Å²) in [7, 11) is 0. The fourth-order valence-electron chi connectivity index (χ4n) is 1.89. The predicted molar refractivity (Wildman–Crippen MR) is 80.4 cm³/mol. The second kappa shape index (κ2) is 4.78. The molecule has 4 heteroatoms. The van der Waals surface area contributed by atoms with E-state index < -0.39 is 0 Å². The molecular formula is C14H14N2S2. The van der Waals surface area contributed by atoms with Crippen molar-refractivity contribution in [1.29, 1.82) is 0 Å². The minimum atomic E-state index is 0.618. The molecule has 0 aliphatic carbocycles. The summed E-state index contributed by atoms with van der Waals surface area (Å²) in [4.78, 5) is 1.23. The summed E-state index contributed by atoms with van der Waals surface area (Å²) in [5.74, 6) is 0. The normalized spacial score (nSPS) is 11.5. The number of fused-ring (bicyclic) bond motifs is 1. The molecule has 3 rings (SSSR count). The van der Waals surface area contributed by atoms with Gasteiger partial charge in [0.05, 0.1) is 14.6 Å². The van der Waals surface area contributed by atoms with Crippen LogP contribution in [0.5, 0.6) is 0 Å². The molecule has 0 saturated heterocycles. The number of hydrogen-bond acceptors (Lipinski definition) is 3. The standard InChI is InChI=1S/C14H14N2S2/c1-9(2)17-13-8-7-12(18-13)14-10-5-3-4-6-11(10)15-16-14/h3-9H,1-2H3,(H,15,16). The van der Waals surface area contributed by atoms with Gasteiger partial charge in [0.1, 0.15) is 5.69 Å². The number of nitrogens with one attached hydrogen (secondary N) is 1. The van der Waals surface area contributed by atoms with Gasteiger partial charge in [-0.1, -0.05) is 32.0 Å². The molecule has 0 bridgehead atoms. The zero-order valence-electron chi connectivity index (χ0n) is 10.3. The second-order valence-corrected chi connectivity index (χ2v) is 7.36. The van der Waals surface area contributed by atoms with Gasteiger partial charge in [0.15, 0.2) is 0 Å². The number of benzene rings is 1. The Morgan fingerprint density at radius 2 is 2.00 bits per heavy atom. The van der Waals surface area contributed by atoms with Gasteiger partial charge in [0.25, 0.3) is 0 Å². The number of aromatic nitrogens is 2. The van der Waals surface area contributed by atoms with E-state index in [-0.39, 0.29) is 0 Å². The Morgan fingerprint density at radius 1 is 1.17 bits per heavy atom. The van der Waals surface area contributed by atoms with Crippen molar-refractivity contribution in [2.75, 3.05) is 0 Å². The third kappa shape index (κ3) is 2.18. The lowest BCUT2D eigenvalue weighted by molar-refractivity contribution is 1.11. The van der Waals surface area contributed by atoms with Crippen LogP contribution in [0.25, 0.3) is 21.5 Å². The fourth-order valence-corrected chi connectivity index (χ4v) is 4.29. The minimum absolute atomic E-state index is 0.618. The highest BCUT2D eigenvalue weighted by molar-refractivity contribution is 8.01. The van der Waals surface area contributed by atoms with Crippen LogP contribution in [-0.2, 0) is 0 Å². The number of hydrogen-bond donors (Lipinski definition) is 1. The number of H-pyrrole nitrogens is 1. The molecule has 18 heavy (non-hydrogen) atoms. The van der Waals surface area contributed by atoms with Crippen LogP contribution < -0.4 is 0 Å². The Morgan fingerprint density at radius 3 is 2.83 bits per heavy atom. The van der Waals surface area contributed by atoms with E-state index in [0.29, 0.717) is 5.25 Å². The highest BCUT2D eigenvalue weighted by Gasteiger charge is 2.10. The zero-order chi connectivity index (χ0) is 12.5. The number of nitrogens with zero attached hydrogens (tertiary/aromatic N) is 1. The van der Waals surface area contributed by atoms with Crippen molar-refractivity contribution in [1.82, 2.24) is 10.2 Å². The molecule has 0 saturated carbocycles. The largest absolute Gasteiger partial charge is 0.277 e. The van der Waals surface area contributed by atoms with Crippen LogP contribution in [-0.4, -0.2) is 15.4 Å². The smallest absolute Gasteiger partial charge is 0.110 e. The number of thiophene rings is 1. The summed E-state index contributed by atoms with van der Waals surface area (Å²) in [5.41, 5.74) is 2.16. The molecule has 0 radical (unpaired) electrons. The van der Waals surface area contributed by atoms with Crippen molar-refractivity contribution in [3.63, 3.8) is 0 Å². The van der Waals surface area contributed by atoms with Gasteiger partial charge in [-0.05, 0) is 18.2 Å². The summed E-state index contributed by atoms with van der Waals surface area (Å²) < 4.78 is 1.35. The summed E-state index contributed by atoms with van der Waals surface area (Å²) in [6.07, 6.45) is 0. The maximum absolute atomic E-state index is 4.43. The molecule has 92 valence electrons. The van der Waals surface area contributed by atoms with E-state index in [0.717, 1.165) is 11.2 Å². The van der Waals surface area contributed by atoms with Crippen LogP contribution in [0.4, 0.5) is 0 Å². The first-order valence-electron chi connectivity index (χ1n) is 5.94. The highest BCUT2D eigenvalue weighted by atomic mass is 32.2. The van der Waals surface area contributed by atoms with Gasteiger partial charge in [-0.2, -0.15) is 5.10 Å². The highest BCUT2D eigenvalue weighted by Crippen LogP contribution is 2.37.